The SMILES string of the molecule is CC/C(=C(/c1ccc(/C=C/CO)cc1)c1ccc2[nH]ncc2c1)c1cccc(OCCOC)c1. The Bertz CT molecular complexity index is 1290. The highest BCUT2D eigenvalue weighted by atomic mass is 16.5. The quantitative estimate of drug-likeness (QED) is 0.229. The predicted octanol–water partition coefficient (Wildman–Crippen LogP) is 5.96. The first-order chi connectivity index (χ1) is 16.7. The summed E-state index contributed by atoms with van der Waals surface area (Å²) < 4.78 is 11.0. The Morgan fingerprint density at radius 3 is 2.56 bits per heavy atom. The Morgan fingerprint density at radius 2 is 1.79 bits per heavy atom. The summed E-state index contributed by atoms with van der Waals surface area (Å²) in [6, 6.07) is 23.1. The predicted molar refractivity (Wildman–Crippen MR) is 139 cm³/mol. The Hall–Kier alpha value is -3.67. The van der Waals surface area contributed by atoms with Gasteiger partial charge in [0.05, 0.1) is 24.9 Å². The minimum absolute atomic E-state index is 0.0282. The second-order valence-electron chi connectivity index (χ2n) is 7.96. The molecule has 34 heavy (non-hydrogen) atoms. The van der Waals surface area contributed by atoms with Crippen molar-refractivity contribution in [2.24, 2.45) is 0 Å². The maximum Gasteiger partial charge on any atom is 0.120 e. The van der Waals surface area contributed by atoms with Gasteiger partial charge in [0.2, 0.25) is 0 Å². The summed E-state index contributed by atoms with van der Waals surface area (Å²) in [5, 5.41) is 17.4. The summed E-state index contributed by atoms with van der Waals surface area (Å²) in [7, 11) is 1.67. The summed E-state index contributed by atoms with van der Waals surface area (Å²) >= 11 is 0. The number of nitrogens with one attached hydrogen (secondary N) is 1. The lowest BCUT2D eigenvalue weighted by molar-refractivity contribution is 0.146. The third-order valence-electron chi connectivity index (χ3n) is 5.74. The van der Waals surface area contributed by atoms with E-state index in [1.165, 1.54) is 11.1 Å². The van der Waals surface area contributed by atoms with E-state index in [4.69, 9.17) is 14.6 Å². The zero-order valence-corrected chi connectivity index (χ0v) is 19.6. The maximum atomic E-state index is 9.09. The van der Waals surface area contributed by atoms with Crippen LogP contribution in [0.2, 0.25) is 0 Å². The minimum atomic E-state index is 0.0282. The van der Waals surface area contributed by atoms with Gasteiger partial charge in [-0.1, -0.05) is 61.5 Å². The number of H-pyrrole nitrogens is 1. The van der Waals surface area contributed by atoms with Crippen molar-refractivity contribution in [3.05, 3.63) is 101 Å². The topological polar surface area (TPSA) is 67.4 Å². The molecule has 0 aliphatic heterocycles. The van der Waals surface area contributed by atoms with E-state index < -0.39 is 0 Å². The highest BCUT2D eigenvalue weighted by molar-refractivity contribution is 6.00. The van der Waals surface area contributed by atoms with Crippen molar-refractivity contribution in [1.82, 2.24) is 10.2 Å². The Morgan fingerprint density at radius 1 is 0.971 bits per heavy atom. The number of rotatable bonds is 10. The average Bonchev–Trinajstić information content (AvgIpc) is 3.35. The Balaban J connectivity index is 1.84. The summed E-state index contributed by atoms with van der Waals surface area (Å²) in [4.78, 5) is 0. The molecular formula is C29H30N2O3. The molecule has 0 fully saturated rings. The van der Waals surface area contributed by atoms with Crippen molar-refractivity contribution >= 4 is 28.1 Å². The van der Waals surface area contributed by atoms with Crippen LogP contribution in [0.5, 0.6) is 5.75 Å². The van der Waals surface area contributed by atoms with E-state index in [1.807, 2.05) is 24.4 Å². The van der Waals surface area contributed by atoms with Gasteiger partial charge in [-0.2, -0.15) is 5.10 Å². The molecule has 5 heteroatoms. The van der Waals surface area contributed by atoms with E-state index >= 15 is 0 Å². The molecule has 0 saturated carbocycles. The number of ether oxygens (including phenoxy) is 2. The van der Waals surface area contributed by atoms with Gasteiger partial charge in [-0.3, -0.25) is 5.10 Å². The van der Waals surface area contributed by atoms with Gasteiger partial charge in [0, 0.05) is 12.5 Å². The van der Waals surface area contributed by atoms with Crippen LogP contribution < -0.4 is 4.74 Å². The summed E-state index contributed by atoms with van der Waals surface area (Å²) in [5.74, 6) is 0.828. The van der Waals surface area contributed by atoms with E-state index in [0.29, 0.717) is 13.2 Å². The Kier molecular flexibility index (Phi) is 7.91. The molecule has 0 spiro atoms. The fraction of sp³-hybridized carbons (Fsp3) is 0.207. The largest absolute Gasteiger partial charge is 0.491 e. The summed E-state index contributed by atoms with van der Waals surface area (Å²) in [6.07, 6.45) is 6.37. The van der Waals surface area contributed by atoms with E-state index in [9.17, 15) is 0 Å². The molecule has 0 unspecified atom stereocenters. The lowest BCUT2D eigenvalue weighted by atomic mass is 9.87. The first-order valence-electron chi connectivity index (χ1n) is 11.5. The molecule has 4 rings (SSSR count). The van der Waals surface area contributed by atoms with Gasteiger partial charge in [-0.25, -0.2) is 0 Å². The van der Waals surface area contributed by atoms with E-state index in [1.54, 1.807) is 13.2 Å². The molecule has 0 atom stereocenters. The molecule has 3 aromatic carbocycles. The van der Waals surface area contributed by atoms with Crippen LogP contribution in [0, 0.1) is 0 Å². The van der Waals surface area contributed by atoms with Crippen molar-refractivity contribution in [3.63, 3.8) is 0 Å². The number of fused-ring (bicyclic) bond motifs is 1. The molecule has 5 nitrogen and oxygen atoms in total. The van der Waals surface area contributed by atoms with Crippen LogP contribution in [-0.4, -0.2) is 42.2 Å². The number of hydrogen-bond donors (Lipinski definition) is 2. The smallest absolute Gasteiger partial charge is 0.120 e. The van der Waals surface area contributed by atoms with Gasteiger partial charge in [-0.15, -0.1) is 0 Å². The summed E-state index contributed by atoms with van der Waals surface area (Å²) in [5.41, 5.74) is 7.87. The van der Waals surface area contributed by atoms with E-state index in [0.717, 1.165) is 45.3 Å². The molecule has 0 radical (unpaired) electrons. The standard InChI is InChI=1S/C29H30N2O3/c1-3-27(23-7-4-8-26(19-23)34-17-16-33-2)29(22-11-9-21(10-12-22)6-5-15-32)24-13-14-28-25(18-24)20-30-31-28/h4-14,18-20,32H,3,15-17H2,1-2H3,(H,30,31)/b6-5+,29-27+. The van der Waals surface area contributed by atoms with Crippen molar-refractivity contribution < 1.29 is 14.6 Å². The van der Waals surface area contributed by atoms with Crippen molar-refractivity contribution in [2.45, 2.75) is 13.3 Å². The Labute approximate surface area is 200 Å². The van der Waals surface area contributed by atoms with Gasteiger partial charge in [0.15, 0.2) is 0 Å². The summed E-state index contributed by atoms with van der Waals surface area (Å²) in [6.45, 7) is 3.27. The lowest BCUT2D eigenvalue weighted by Gasteiger charge is -2.17. The number of allylic oxidation sites excluding steroid dienone is 1. The molecule has 0 bridgehead atoms. The minimum Gasteiger partial charge on any atom is -0.491 e. The fourth-order valence-corrected chi connectivity index (χ4v) is 4.10. The van der Waals surface area contributed by atoms with E-state index in [-0.39, 0.29) is 6.61 Å². The molecule has 4 aromatic rings. The molecule has 1 heterocycles. The number of aliphatic hydroxyl groups is 1. The molecule has 174 valence electrons. The van der Waals surface area contributed by atoms with Gasteiger partial charge in [-0.05, 0) is 64.1 Å². The molecule has 1 aromatic heterocycles. The van der Waals surface area contributed by atoms with Gasteiger partial charge in [0.25, 0.3) is 0 Å². The zero-order chi connectivity index (χ0) is 23.8. The van der Waals surface area contributed by atoms with Crippen LogP contribution >= 0.6 is 0 Å². The second-order valence-corrected chi connectivity index (χ2v) is 7.96. The van der Waals surface area contributed by atoms with Crippen LogP contribution in [0.15, 0.2) is 79.0 Å². The molecule has 0 aliphatic carbocycles. The van der Waals surface area contributed by atoms with Crippen molar-refractivity contribution in [3.8, 4) is 5.75 Å². The van der Waals surface area contributed by atoms with Crippen molar-refractivity contribution in [2.75, 3.05) is 26.9 Å². The van der Waals surface area contributed by atoms with Crippen LogP contribution in [-0.2, 0) is 4.74 Å². The maximum absolute atomic E-state index is 9.09. The molecule has 2 N–H and O–H groups in total. The molecule has 0 saturated heterocycles. The number of methoxy groups -OCH3 is 1. The number of nitrogens with zero attached hydrogens (tertiary/aromatic N) is 1. The van der Waals surface area contributed by atoms with Gasteiger partial charge >= 0.3 is 0 Å². The number of hydrogen-bond acceptors (Lipinski definition) is 4. The third-order valence-corrected chi connectivity index (χ3v) is 5.74. The van der Waals surface area contributed by atoms with Crippen LogP contribution in [0.1, 0.15) is 35.6 Å². The first kappa shape index (κ1) is 23.5. The lowest BCUT2D eigenvalue weighted by Crippen LogP contribution is -2.04. The van der Waals surface area contributed by atoms with Crippen molar-refractivity contribution in [1.29, 1.82) is 0 Å². The molecule has 0 aliphatic rings. The number of aromatic amines is 1. The first-order valence-corrected chi connectivity index (χ1v) is 11.5. The average molecular weight is 455 g/mol. The fourth-order valence-electron chi connectivity index (χ4n) is 4.10. The van der Waals surface area contributed by atoms with Crippen LogP contribution in [0.3, 0.4) is 0 Å². The van der Waals surface area contributed by atoms with E-state index in [2.05, 4.69) is 71.7 Å². The molecule has 0 amide bonds. The second kappa shape index (κ2) is 11.5. The zero-order valence-electron chi connectivity index (χ0n) is 19.6. The monoisotopic (exact) mass is 454 g/mol. The highest BCUT2D eigenvalue weighted by Gasteiger charge is 2.15. The number of aliphatic hydroxyl groups excluding tert-OH is 1. The number of benzene rings is 3. The normalized spacial score (nSPS) is 12.3. The van der Waals surface area contributed by atoms with Crippen LogP contribution in [0.25, 0.3) is 28.1 Å². The molecular weight excluding hydrogens is 424 g/mol. The highest BCUT2D eigenvalue weighted by Crippen LogP contribution is 2.36. The van der Waals surface area contributed by atoms with Gasteiger partial charge in [0.1, 0.15) is 12.4 Å². The third kappa shape index (κ3) is 5.45. The van der Waals surface area contributed by atoms with Crippen LogP contribution in [0.4, 0.5) is 0 Å². The number of aromatic nitrogens is 2. The van der Waals surface area contributed by atoms with Gasteiger partial charge < -0.3 is 14.6 Å².